The molecule has 2 saturated heterocycles. The van der Waals surface area contributed by atoms with Gasteiger partial charge in [-0.2, -0.15) is 0 Å². The molecule has 7 nitrogen and oxygen atoms in total. The maximum atomic E-state index is 13.2. The molecule has 0 spiro atoms. The SMILES string of the molecule is CC(=O)OC(C(=O)Nc1c(Cl)ccc2nc(N3CC4CC3CN4)ccc12)C1CCCCC1. The largest absolute Gasteiger partial charge is 0.452 e. The van der Waals surface area contributed by atoms with Gasteiger partial charge in [0.05, 0.1) is 16.2 Å². The Morgan fingerprint density at radius 2 is 2.03 bits per heavy atom. The highest BCUT2D eigenvalue weighted by Gasteiger charge is 2.38. The maximum absolute atomic E-state index is 13.2. The lowest BCUT2D eigenvalue weighted by molar-refractivity contribution is -0.156. The number of aromatic nitrogens is 1. The Bertz CT molecular complexity index is 1040. The van der Waals surface area contributed by atoms with Gasteiger partial charge in [0.2, 0.25) is 0 Å². The lowest BCUT2D eigenvalue weighted by Gasteiger charge is -2.29. The molecule has 0 radical (unpaired) electrons. The first kappa shape index (κ1) is 21.5. The van der Waals surface area contributed by atoms with Gasteiger partial charge in [-0.25, -0.2) is 4.98 Å². The Balaban J connectivity index is 1.41. The van der Waals surface area contributed by atoms with Crippen molar-refractivity contribution in [3.8, 4) is 0 Å². The van der Waals surface area contributed by atoms with Gasteiger partial charge in [0, 0.05) is 43.4 Å². The van der Waals surface area contributed by atoms with Crippen LogP contribution in [0.15, 0.2) is 24.3 Å². The highest BCUT2D eigenvalue weighted by molar-refractivity contribution is 6.35. The van der Waals surface area contributed by atoms with E-state index in [0.717, 1.165) is 68.3 Å². The average molecular weight is 457 g/mol. The minimum Gasteiger partial charge on any atom is -0.452 e. The van der Waals surface area contributed by atoms with Crippen molar-refractivity contribution in [3.63, 3.8) is 0 Å². The molecule has 2 N–H and O–H groups in total. The molecule has 32 heavy (non-hydrogen) atoms. The number of hydrogen-bond donors (Lipinski definition) is 2. The van der Waals surface area contributed by atoms with E-state index in [1.54, 1.807) is 6.07 Å². The molecule has 3 atom stereocenters. The quantitative estimate of drug-likeness (QED) is 0.664. The lowest BCUT2D eigenvalue weighted by atomic mass is 9.85. The predicted molar refractivity (Wildman–Crippen MR) is 125 cm³/mol. The van der Waals surface area contributed by atoms with Gasteiger partial charge in [0.15, 0.2) is 6.10 Å². The van der Waals surface area contributed by atoms with Crippen molar-refractivity contribution < 1.29 is 14.3 Å². The van der Waals surface area contributed by atoms with Crippen molar-refractivity contribution >= 4 is 45.9 Å². The Kier molecular flexibility index (Phi) is 5.95. The fourth-order valence-corrected chi connectivity index (χ4v) is 5.68. The van der Waals surface area contributed by atoms with Crippen LogP contribution < -0.4 is 15.5 Å². The number of ether oxygens (including phenoxy) is 1. The van der Waals surface area contributed by atoms with Crippen LogP contribution in [0.25, 0.3) is 10.9 Å². The summed E-state index contributed by atoms with van der Waals surface area (Å²) in [6.45, 7) is 3.30. The average Bonchev–Trinajstić information content (AvgIpc) is 3.43. The Hall–Kier alpha value is -2.38. The van der Waals surface area contributed by atoms with E-state index in [1.807, 2.05) is 18.2 Å². The monoisotopic (exact) mass is 456 g/mol. The molecule has 1 amide bonds. The van der Waals surface area contributed by atoms with Crippen LogP contribution in [0.1, 0.15) is 45.4 Å². The van der Waals surface area contributed by atoms with Crippen molar-refractivity contribution in [3.05, 3.63) is 29.3 Å². The number of carbonyl (C=O) groups excluding carboxylic acids is 2. The van der Waals surface area contributed by atoms with Crippen molar-refractivity contribution in [1.82, 2.24) is 10.3 Å². The molecule has 3 aliphatic rings. The van der Waals surface area contributed by atoms with E-state index in [4.69, 9.17) is 21.3 Å². The number of esters is 1. The Morgan fingerprint density at radius 1 is 1.22 bits per heavy atom. The summed E-state index contributed by atoms with van der Waals surface area (Å²) in [7, 11) is 0. The molecule has 2 aliphatic heterocycles. The second-order valence-electron chi connectivity index (χ2n) is 9.22. The summed E-state index contributed by atoms with van der Waals surface area (Å²) in [6, 6.07) is 8.63. The van der Waals surface area contributed by atoms with Crippen LogP contribution in [0.2, 0.25) is 5.02 Å². The molecule has 3 heterocycles. The van der Waals surface area contributed by atoms with Gasteiger partial charge in [0.1, 0.15) is 5.82 Å². The van der Waals surface area contributed by atoms with Crippen LogP contribution in [0.4, 0.5) is 11.5 Å². The first-order valence-corrected chi connectivity index (χ1v) is 11.9. The van der Waals surface area contributed by atoms with Gasteiger partial charge >= 0.3 is 5.97 Å². The topological polar surface area (TPSA) is 83.6 Å². The zero-order valence-electron chi connectivity index (χ0n) is 18.3. The first-order valence-electron chi connectivity index (χ1n) is 11.6. The number of amides is 1. The van der Waals surface area contributed by atoms with Crippen molar-refractivity contribution in [2.75, 3.05) is 23.3 Å². The number of nitrogens with one attached hydrogen (secondary N) is 2. The second-order valence-corrected chi connectivity index (χ2v) is 9.63. The van der Waals surface area contributed by atoms with E-state index in [-0.39, 0.29) is 11.8 Å². The summed E-state index contributed by atoms with van der Waals surface area (Å²) in [6.07, 6.45) is 5.36. The van der Waals surface area contributed by atoms with Crippen LogP contribution >= 0.6 is 11.6 Å². The van der Waals surface area contributed by atoms with Crippen molar-refractivity contribution in [2.45, 2.75) is 63.6 Å². The molecule has 2 aromatic rings. The molecule has 5 rings (SSSR count). The second kappa shape index (κ2) is 8.87. The van der Waals surface area contributed by atoms with Gasteiger partial charge in [-0.1, -0.05) is 30.9 Å². The van der Waals surface area contributed by atoms with Crippen molar-refractivity contribution in [2.24, 2.45) is 5.92 Å². The first-order chi connectivity index (χ1) is 15.5. The minimum absolute atomic E-state index is 0.0327. The third-order valence-corrected chi connectivity index (χ3v) is 7.35. The van der Waals surface area contributed by atoms with Gasteiger partial charge in [0.25, 0.3) is 5.91 Å². The zero-order chi connectivity index (χ0) is 22.2. The zero-order valence-corrected chi connectivity index (χ0v) is 19.0. The number of hydrogen-bond acceptors (Lipinski definition) is 6. The van der Waals surface area contributed by atoms with E-state index in [2.05, 4.69) is 15.5 Å². The van der Waals surface area contributed by atoms with Crippen LogP contribution in [0.5, 0.6) is 0 Å². The number of benzene rings is 1. The van der Waals surface area contributed by atoms with E-state index in [0.29, 0.717) is 22.8 Å². The van der Waals surface area contributed by atoms with Crippen LogP contribution in [-0.2, 0) is 14.3 Å². The smallest absolute Gasteiger partial charge is 0.303 e. The number of halogens is 1. The number of piperazine rings is 1. The van der Waals surface area contributed by atoms with Crippen LogP contribution in [0.3, 0.4) is 0 Å². The van der Waals surface area contributed by atoms with Crippen molar-refractivity contribution in [1.29, 1.82) is 0 Å². The normalized spacial score (nSPS) is 24.0. The Morgan fingerprint density at radius 3 is 2.72 bits per heavy atom. The third kappa shape index (κ3) is 4.16. The van der Waals surface area contributed by atoms with Crippen LogP contribution in [-0.4, -0.2) is 48.1 Å². The molecule has 3 fully saturated rings. The molecule has 1 saturated carbocycles. The highest BCUT2D eigenvalue weighted by atomic mass is 35.5. The minimum atomic E-state index is -0.806. The van der Waals surface area contributed by atoms with E-state index in [1.165, 1.54) is 6.92 Å². The molecule has 1 aliphatic carbocycles. The number of nitrogens with zero attached hydrogens (tertiary/aromatic N) is 2. The molecule has 1 aromatic carbocycles. The number of rotatable bonds is 5. The fraction of sp³-hybridized carbons (Fsp3) is 0.542. The molecule has 170 valence electrons. The molecular formula is C24H29ClN4O3. The van der Waals surface area contributed by atoms with E-state index in [9.17, 15) is 9.59 Å². The molecule has 1 aromatic heterocycles. The lowest BCUT2D eigenvalue weighted by Crippen LogP contribution is -2.43. The molecule has 8 heteroatoms. The summed E-state index contributed by atoms with van der Waals surface area (Å²) in [5.74, 6) is 0.213. The summed E-state index contributed by atoms with van der Waals surface area (Å²) >= 11 is 6.49. The fourth-order valence-electron chi connectivity index (χ4n) is 5.47. The van der Waals surface area contributed by atoms with Gasteiger partial charge in [-0.05, 0) is 43.5 Å². The summed E-state index contributed by atoms with van der Waals surface area (Å²) in [5, 5.41) is 7.69. The summed E-state index contributed by atoms with van der Waals surface area (Å²) in [4.78, 5) is 32.2. The Labute approximate surface area is 192 Å². The summed E-state index contributed by atoms with van der Waals surface area (Å²) < 4.78 is 5.47. The van der Waals surface area contributed by atoms with Gasteiger partial charge in [-0.15, -0.1) is 0 Å². The number of carbonyl (C=O) groups is 2. The molecule has 3 unspecified atom stereocenters. The maximum Gasteiger partial charge on any atom is 0.303 e. The van der Waals surface area contributed by atoms with E-state index >= 15 is 0 Å². The van der Waals surface area contributed by atoms with E-state index < -0.39 is 12.1 Å². The van der Waals surface area contributed by atoms with Gasteiger partial charge in [-0.3, -0.25) is 9.59 Å². The summed E-state index contributed by atoms with van der Waals surface area (Å²) in [5.41, 5.74) is 1.30. The third-order valence-electron chi connectivity index (χ3n) is 7.03. The number of pyridine rings is 1. The number of anilines is 2. The predicted octanol–water partition coefficient (Wildman–Crippen LogP) is 3.89. The number of fused-ring (bicyclic) bond motifs is 3. The molecule has 2 bridgehead atoms. The van der Waals surface area contributed by atoms with Gasteiger partial charge < -0.3 is 20.3 Å². The highest BCUT2D eigenvalue weighted by Crippen LogP contribution is 2.35. The molecular weight excluding hydrogens is 428 g/mol. The van der Waals surface area contributed by atoms with Crippen LogP contribution in [0, 0.1) is 5.92 Å². The standard InChI is InChI=1S/C24H29ClN4O3/c1-14(30)32-23(15-5-3-2-4-6-15)24(31)28-22-18-7-10-21(27-20(18)9-8-19(22)25)29-13-16-11-17(29)12-26-16/h7-10,15-17,23,26H,2-6,11-13H2,1H3,(H,28,31).